The van der Waals surface area contributed by atoms with Crippen LogP contribution in [-0.2, 0) is 5.60 Å². The van der Waals surface area contributed by atoms with Gasteiger partial charge in [0.15, 0.2) is 17.3 Å². The lowest BCUT2D eigenvalue weighted by atomic mass is 10.1. The first-order valence-corrected chi connectivity index (χ1v) is 10.9. The molecule has 9 heteroatoms. The van der Waals surface area contributed by atoms with E-state index in [-0.39, 0.29) is 17.6 Å². The SMILES string of the molecule is [C-]#[N+]c1cccc([C@@H](C)Nc2c(Cl)c(C)nc3cc(F)c(-c4cnc(C(C)(C)O)nc4)nc23)c1. The van der Waals surface area contributed by atoms with Crippen molar-refractivity contribution in [1.29, 1.82) is 0 Å². The van der Waals surface area contributed by atoms with Crippen molar-refractivity contribution in [3.8, 4) is 11.3 Å². The van der Waals surface area contributed by atoms with E-state index in [9.17, 15) is 5.11 Å². The van der Waals surface area contributed by atoms with Gasteiger partial charge in [0.05, 0.1) is 28.5 Å². The van der Waals surface area contributed by atoms with Gasteiger partial charge in [-0.1, -0.05) is 35.9 Å². The van der Waals surface area contributed by atoms with Gasteiger partial charge in [-0.3, -0.25) is 0 Å². The second-order valence-corrected chi connectivity index (χ2v) is 8.88. The van der Waals surface area contributed by atoms with Crippen LogP contribution in [0.25, 0.3) is 27.1 Å². The van der Waals surface area contributed by atoms with E-state index in [1.165, 1.54) is 18.5 Å². The minimum Gasteiger partial charge on any atom is -0.382 e. The molecule has 4 rings (SSSR count). The number of benzene rings is 1. The first-order valence-electron chi connectivity index (χ1n) is 10.5. The van der Waals surface area contributed by atoms with Crippen molar-refractivity contribution in [3.05, 3.63) is 82.1 Å². The third kappa shape index (κ3) is 4.53. The smallest absolute Gasteiger partial charge is 0.187 e. The Hall–Kier alpha value is -3.67. The van der Waals surface area contributed by atoms with Crippen molar-refractivity contribution in [2.75, 3.05) is 5.32 Å². The maximum atomic E-state index is 15.0. The van der Waals surface area contributed by atoms with Crippen molar-refractivity contribution in [2.45, 2.75) is 39.3 Å². The quantitative estimate of drug-likeness (QED) is 0.336. The Morgan fingerprint density at radius 2 is 1.88 bits per heavy atom. The Morgan fingerprint density at radius 1 is 1.18 bits per heavy atom. The molecule has 0 amide bonds. The summed E-state index contributed by atoms with van der Waals surface area (Å²) in [5.74, 6) is -0.360. The van der Waals surface area contributed by atoms with Crippen LogP contribution in [0.5, 0.6) is 0 Å². The van der Waals surface area contributed by atoms with Crippen LogP contribution in [0, 0.1) is 19.3 Å². The fraction of sp³-hybridized carbons (Fsp3) is 0.240. The second kappa shape index (κ2) is 8.93. The van der Waals surface area contributed by atoms with E-state index in [0.717, 1.165) is 5.56 Å². The van der Waals surface area contributed by atoms with Crippen molar-refractivity contribution >= 4 is 34.0 Å². The van der Waals surface area contributed by atoms with Crippen molar-refractivity contribution in [2.24, 2.45) is 0 Å². The molecular weight excluding hydrogens is 455 g/mol. The third-order valence-electron chi connectivity index (χ3n) is 5.35. The molecule has 1 aromatic carbocycles. The van der Waals surface area contributed by atoms with Crippen LogP contribution < -0.4 is 5.32 Å². The first kappa shape index (κ1) is 23.5. The Kier molecular flexibility index (Phi) is 6.17. The van der Waals surface area contributed by atoms with Gasteiger partial charge in [-0.15, -0.1) is 0 Å². The summed E-state index contributed by atoms with van der Waals surface area (Å²) < 4.78 is 15.0. The van der Waals surface area contributed by atoms with Gasteiger partial charge in [0.2, 0.25) is 0 Å². The Balaban J connectivity index is 1.82. The van der Waals surface area contributed by atoms with Crippen molar-refractivity contribution in [1.82, 2.24) is 19.9 Å². The largest absolute Gasteiger partial charge is 0.382 e. The van der Waals surface area contributed by atoms with Gasteiger partial charge in [0.25, 0.3) is 0 Å². The number of nitrogens with zero attached hydrogens (tertiary/aromatic N) is 5. The van der Waals surface area contributed by atoms with Crippen LogP contribution in [0.3, 0.4) is 0 Å². The summed E-state index contributed by atoms with van der Waals surface area (Å²) in [7, 11) is 0. The van der Waals surface area contributed by atoms with Gasteiger partial charge in [0, 0.05) is 30.1 Å². The Labute approximate surface area is 201 Å². The molecule has 172 valence electrons. The van der Waals surface area contributed by atoms with E-state index in [1.54, 1.807) is 32.9 Å². The van der Waals surface area contributed by atoms with E-state index < -0.39 is 11.4 Å². The average molecular weight is 477 g/mol. The first-order chi connectivity index (χ1) is 16.1. The fourth-order valence-corrected chi connectivity index (χ4v) is 3.71. The lowest BCUT2D eigenvalue weighted by Gasteiger charge is -2.20. The standard InChI is InChI=1S/C25H22ClFN6O/c1-13(15-7-6-8-17(9-15)28-5)32-23-20(26)14(2)31-19-10-18(27)21(33-22(19)23)16-11-29-24(30-12-16)25(3,4)34/h6-13,34H,1-4H3,(H,31,32)/t13-/m1/s1. The summed E-state index contributed by atoms with van der Waals surface area (Å²) in [6, 6.07) is 8.37. The van der Waals surface area contributed by atoms with Gasteiger partial charge in [-0.05, 0) is 33.3 Å². The molecule has 1 atom stereocenters. The zero-order chi connectivity index (χ0) is 24.6. The molecule has 7 nitrogen and oxygen atoms in total. The number of rotatable bonds is 5. The number of aliphatic hydroxyl groups is 1. The molecule has 34 heavy (non-hydrogen) atoms. The highest BCUT2D eigenvalue weighted by atomic mass is 35.5. The predicted molar refractivity (Wildman–Crippen MR) is 130 cm³/mol. The summed E-state index contributed by atoms with van der Waals surface area (Å²) in [5, 5.41) is 13.8. The monoisotopic (exact) mass is 476 g/mol. The van der Waals surface area contributed by atoms with Crippen LogP contribution in [-0.4, -0.2) is 25.0 Å². The normalized spacial score (nSPS) is 12.4. The zero-order valence-corrected chi connectivity index (χ0v) is 19.8. The van der Waals surface area contributed by atoms with Gasteiger partial charge in [-0.2, -0.15) is 0 Å². The highest BCUT2D eigenvalue weighted by Gasteiger charge is 2.22. The summed E-state index contributed by atoms with van der Waals surface area (Å²) in [6.07, 6.45) is 2.85. The minimum atomic E-state index is -1.22. The maximum Gasteiger partial charge on any atom is 0.187 e. The molecule has 0 aliphatic carbocycles. The lowest BCUT2D eigenvalue weighted by Crippen LogP contribution is -2.19. The topological polar surface area (TPSA) is 88.2 Å². The summed E-state index contributed by atoms with van der Waals surface area (Å²) >= 11 is 6.61. The van der Waals surface area contributed by atoms with E-state index >= 15 is 4.39 Å². The summed E-state index contributed by atoms with van der Waals surface area (Å²) in [4.78, 5) is 20.7. The highest BCUT2D eigenvalue weighted by molar-refractivity contribution is 6.35. The molecule has 0 aliphatic rings. The highest BCUT2D eigenvalue weighted by Crippen LogP contribution is 2.36. The number of anilines is 1. The van der Waals surface area contributed by atoms with Crippen LogP contribution in [0.15, 0.2) is 42.7 Å². The molecule has 0 aliphatic heterocycles. The predicted octanol–water partition coefficient (Wildman–Crippen LogP) is 6.14. The van der Waals surface area contributed by atoms with Crippen LogP contribution in [0.2, 0.25) is 5.02 Å². The fourth-order valence-electron chi connectivity index (χ4n) is 3.53. The lowest BCUT2D eigenvalue weighted by molar-refractivity contribution is 0.0687. The van der Waals surface area contributed by atoms with Gasteiger partial charge < -0.3 is 10.4 Å². The minimum absolute atomic E-state index is 0.0437. The third-order valence-corrected chi connectivity index (χ3v) is 5.81. The van der Waals surface area contributed by atoms with Crippen molar-refractivity contribution in [3.63, 3.8) is 0 Å². The van der Waals surface area contributed by atoms with Crippen molar-refractivity contribution < 1.29 is 9.50 Å². The summed E-state index contributed by atoms with van der Waals surface area (Å²) in [5.41, 5.74) is 2.39. The maximum absolute atomic E-state index is 15.0. The molecule has 0 unspecified atom stereocenters. The molecule has 0 fully saturated rings. The van der Waals surface area contributed by atoms with Crippen LogP contribution in [0.4, 0.5) is 15.8 Å². The molecule has 0 saturated heterocycles. The number of fused-ring (bicyclic) bond motifs is 1. The number of aromatic nitrogens is 4. The number of hydrogen-bond donors (Lipinski definition) is 2. The van der Waals surface area contributed by atoms with Gasteiger partial charge in [0.1, 0.15) is 16.8 Å². The van der Waals surface area contributed by atoms with Crippen LogP contribution in [0.1, 0.15) is 43.9 Å². The zero-order valence-electron chi connectivity index (χ0n) is 19.1. The molecule has 3 heterocycles. The molecule has 0 saturated carbocycles. The number of hydrogen-bond acceptors (Lipinski definition) is 6. The van der Waals surface area contributed by atoms with Gasteiger partial charge >= 0.3 is 0 Å². The number of nitrogens with one attached hydrogen (secondary N) is 1. The van der Waals surface area contributed by atoms with E-state index in [0.29, 0.717) is 38.7 Å². The molecule has 3 aromatic heterocycles. The summed E-state index contributed by atoms with van der Waals surface area (Å²) in [6.45, 7) is 14.1. The Bertz CT molecular complexity index is 1430. The number of halogens is 2. The second-order valence-electron chi connectivity index (χ2n) is 8.50. The average Bonchev–Trinajstić information content (AvgIpc) is 2.81. The van der Waals surface area contributed by atoms with E-state index in [4.69, 9.17) is 18.2 Å². The molecule has 4 aromatic rings. The van der Waals surface area contributed by atoms with Crippen LogP contribution >= 0.6 is 11.6 Å². The number of aryl methyl sites for hydroxylation is 1. The molecular formula is C25H22ClFN6O. The molecule has 0 radical (unpaired) electrons. The number of pyridine rings is 2. The van der Waals surface area contributed by atoms with E-state index in [1.807, 2.05) is 19.1 Å². The molecule has 2 N–H and O–H groups in total. The van der Waals surface area contributed by atoms with Gasteiger partial charge in [-0.25, -0.2) is 29.2 Å². The Morgan fingerprint density at radius 3 is 2.53 bits per heavy atom. The van der Waals surface area contributed by atoms with E-state index in [2.05, 4.69) is 30.1 Å². The molecule has 0 bridgehead atoms. The molecule has 0 spiro atoms.